The Hall–Kier alpha value is -2.56. The fourth-order valence-corrected chi connectivity index (χ4v) is 2.33. The number of rotatable bonds is 7. The lowest BCUT2D eigenvalue weighted by atomic mass is 10.1. The monoisotopic (exact) mass is 311 g/mol. The second kappa shape index (κ2) is 7.13. The minimum atomic E-state index is -0.0882. The van der Waals surface area contributed by atoms with E-state index < -0.39 is 0 Å². The number of hydrogen-bond acceptors (Lipinski definition) is 4. The Morgan fingerprint density at radius 1 is 1.26 bits per heavy atom. The van der Waals surface area contributed by atoms with E-state index in [1.165, 1.54) is 0 Å². The van der Waals surface area contributed by atoms with Crippen molar-refractivity contribution in [2.75, 3.05) is 19.0 Å². The third-order valence-electron chi connectivity index (χ3n) is 3.83. The molecular weight excluding hydrogens is 290 g/mol. The van der Waals surface area contributed by atoms with E-state index in [0.717, 1.165) is 30.6 Å². The van der Waals surface area contributed by atoms with Crippen LogP contribution in [0.5, 0.6) is 5.75 Å². The predicted molar refractivity (Wildman–Crippen MR) is 89.9 cm³/mol. The van der Waals surface area contributed by atoms with Gasteiger partial charge in [0, 0.05) is 18.8 Å². The van der Waals surface area contributed by atoms with Gasteiger partial charge >= 0.3 is 0 Å². The van der Waals surface area contributed by atoms with Crippen molar-refractivity contribution in [2.45, 2.75) is 25.3 Å². The molecule has 0 saturated heterocycles. The molecule has 23 heavy (non-hydrogen) atoms. The van der Waals surface area contributed by atoms with Crippen LogP contribution in [0.15, 0.2) is 42.6 Å². The molecule has 0 bridgehead atoms. The summed E-state index contributed by atoms with van der Waals surface area (Å²) in [6.45, 7) is 0.586. The van der Waals surface area contributed by atoms with Gasteiger partial charge in [0.15, 0.2) is 0 Å². The van der Waals surface area contributed by atoms with Gasteiger partial charge in [0.2, 0.25) is 0 Å². The van der Waals surface area contributed by atoms with Crippen LogP contribution in [0.3, 0.4) is 0 Å². The summed E-state index contributed by atoms with van der Waals surface area (Å²) in [7, 11) is 1.65. The number of aromatic nitrogens is 1. The number of anilines is 1. The van der Waals surface area contributed by atoms with Crippen molar-refractivity contribution in [1.29, 1.82) is 0 Å². The minimum absolute atomic E-state index is 0.0882. The first-order valence-corrected chi connectivity index (χ1v) is 7.89. The molecule has 0 aliphatic heterocycles. The fourth-order valence-electron chi connectivity index (χ4n) is 2.33. The van der Waals surface area contributed by atoms with Gasteiger partial charge in [-0.05, 0) is 49.1 Å². The molecule has 1 aliphatic rings. The Balaban J connectivity index is 1.54. The van der Waals surface area contributed by atoms with Crippen LogP contribution in [-0.2, 0) is 6.42 Å². The second-order valence-corrected chi connectivity index (χ2v) is 5.67. The molecular formula is C18H21N3O2. The van der Waals surface area contributed by atoms with Crippen molar-refractivity contribution in [2.24, 2.45) is 0 Å². The number of pyridine rings is 1. The van der Waals surface area contributed by atoms with E-state index in [-0.39, 0.29) is 5.91 Å². The minimum Gasteiger partial charge on any atom is -0.497 e. The summed E-state index contributed by atoms with van der Waals surface area (Å²) in [5, 5.41) is 6.26. The summed E-state index contributed by atoms with van der Waals surface area (Å²) in [6.07, 6.45) is 4.78. The van der Waals surface area contributed by atoms with Crippen LogP contribution in [0.25, 0.3) is 0 Å². The van der Waals surface area contributed by atoms with Crippen LogP contribution in [0.2, 0.25) is 0 Å². The summed E-state index contributed by atoms with van der Waals surface area (Å²) >= 11 is 0. The highest BCUT2D eigenvalue weighted by atomic mass is 16.5. The molecule has 1 aromatic heterocycles. The molecule has 1 saturated carbocycles. The molecule has 0 unspecified atom stereocenters. The average Bonchev–Trinajstić information content (AvgIpc) is 3.40. The number of amides is 1. The SMILES string of the molecule is COc1ccc(CCNC(=O)c2cccnc2NC2CC2)cc1. The molecule has 1 amide bonds. The highest BCUT2D eigenvalue weighted by Crippen LogP contribution is 2.25. The lowest BCUT2D eigenvalue weighted by molar-refractivity contribution is 0.0954. The molecule has 5 nitrogen and oxygen atoms in total. The van der Waals surface area contributed by atoms with E-state index in [2.05, 4.69) is 15.6 Å². The molecule has 120 valence electrons. The van der Waals surface area contributed by atoms with Crippen LogP contribution in [-0.4, -0.2) is 30.6 Å². The van der Waals surface area contributed by atoms with Gasteiger partial charge in [0.1, 0.15) is 11.6 Å². The molecule has 5 heteroatoms. The van der Waals surface area contributed by atoms with Crippen LogP contribution in [0, 0.1) is 0 Å². The third-order valence-corrected chi connectivity index (χ3v) is 3.83. The first-order chi connectivity index (χ1) is 11.3. The topological polar surface area (TPSA) is 63.2 Å². The zero-order valence-electron chi connectivity index (χ0n) is 13.2. The Morgan fingerprint density at radius 3 is 2.74 bits per heavy atom. The summed E-state index contributed by atoms with van der Waals surface area (Å²) in [6, 6.07) is 11.9. The first kappa shape index (κ1) is 15.3. The van der Waals surface area contributed by atoms with Crippen molar-refractivity contribution < 1.29 is 9.53 Å². The predicted octanol–water partition coefficient (Wildman–Crippen LogP) is 2.64. The van der Waals surface area contributed by atoms with Gasteiger partial charge in [-0.3, -0.25) is 4.79 Å². The Kier molecular flexibility index (Phi) is 4.76. The number of benzene rings is 1. The van der Waals surface area contributed by atoms with E-state index in [0.29, 0.717) is 24.0 Å². The maximum Gasteiger partial charge on any atom is 0.255 e. The average molecular weight is 311 g/mol. The summed E-state index contributed by atoms with van der Waals surface area (Å²) in [4.78, 5) is 16.6. The number of carbonyl (C=O) groups is 1. The maximum absolute atomic E-state index is 12.3. The number of ether oxygens (including phenoxy) is 1. The van der Waals surface area contributed by atoms with Crippen LogP contribution < -0.4 is 15.4 Å². The van der Waals surface area contributed by atoms with Crippen LogP contribution in [0.1, 0.15) is 28.8 Å². The molecule has 3 rings (SSSR count). The molecule has 0 radical (unpaired) electrons. The van der Waals surface area contributed by atoms with Gasteiger partial charge in [-0.2, -0.15) is 0 Å². The highest BCUT2D eigenvalue weighted by molar-refractivity contribution is 5.98. The van der Waals surface area contributed by atoms with E-state index in [1.54, 1.807) is 25.4 Å². The molecule has 2 N–H and O–H groups in total. The van der Waals surface area contributed by atoms with E-state index in [4.69, 9.17) is 4.74 Å². The molecule has 1 aromatic carbocycles. The molecule has 1 aliphatic carbocycles. The van der Waals surface area contributed by atoms with Crippen molar-refractivity contribution in [3.8, 4) is 5.75 Å². The van der Waals surface area contributed by atoms with Gasteiger partial charge in [-0.1, -0.05) is 12.1 Å². The van der Waals surface area contributed by atoms with Crippen molar-refractivity contribution in [3.63, 3.8) is 0 Å². The van der Waals surface area contributed by atoms with Gasteiger partial charge in [0.25, 0.3) is 5.91 Å². The summed E-state index contributed by atoms with van der Waals surface area (Å²) in [5.41, 5.74) is 1.77. The molecule has 0 atom stereocenters. The zero-order valence-corrected chi connectivity index (χ0v) is 13.2. The number of nitrogens with one attached hydrogen (secondary N) is 2. The van der Waals surface area contributed by atoms with Crippen molar-refractivity contribution >= 4 is 11.7 Å². The lowest BCUT2D eigenvalue weighted by Gasteiger charge is -2.10. The number of methoxy groups -OCH3 is 1. The van der Waals surface area contributed by atoms with Gasteiger partial charge in [-0.15, -0.1) is 0 Å². The molecule has 1 heterocycles. The number of hydrogen-bond donors (Lipinski definition) is 2. The van der Waals surface area contributed by atoms with Crippen LogP contribution in [0.4, 0.5) is 5.82 Å². The van der Waals surface area contributed by atoms with Gasteiger partial charge in [-0.25, -0.2) is 4.98 Å². The van der Waals surface area contributed by atoms with E-state index in [1.807, 2.05) is 24.3 Å². The third kappa shape index (κ3) is 4.22. The zero-order chi connectivity index (χ0) is 16.1. The molecule has 1 fully saturated rings. The molecule has 2 aromatic rings. The molecule has 0 spiro atoms. The largest absolute Gasteiger partial charge is 0.497 e. The Morgan fingerprint density at radius 2 is 2.04 bits per heavy atom. The normalized spacial score (nSPS) is 13.4. The maximum atomic E-state index is 12.3. The first-order valence-electron chi connectivity index (χ1n) is 7.89. The lowest BCUT2D eigenvalue weighted by Crippen LogP contribution is -2.27. The summed E-state index contributed by atoms with van der Waals surface area (Å²) in [5.74, 6) is 1.43. The smallest absolute Gasteiger partial charge is 0.255 e. The quantitative estimate of drug-likeness (QED) is 0.825. The number of nitrogens with zero attached hydrogens (tertiary/aromatic N) is 1. The van der Waals surface area contributed by atoms with E-state index >= 15 is 0 Å². The Bertz CT molecular complexity index is 666. The van der Waals surface area contributed by atoms with E-state index in [9.17, 15) is 4.79 Å². The van der Waals surface area contributed by atoms with Crippen molar-refractivity contribution in [1.82, 2.24) is 10.3 Å². The standard InChI is InChI=1S/C18H21N3O2/c1-23-15-8-4-13(5-9-15)10-12-20-18(22)16-3-2-11-19-17(16)21-14-6-7-14/h2-5,8-9,11,14H,6-7,10,12H2,1H3,(H,19,21)(H,20,22). The second-order valence-electron chi connectivity index (χ2n) is 5.67. The summed E-state index contributed by atoms with van der Waals surface area (Å²) < 4.78 is 5.14. The fraction of sp³-hybridized carbons (Fsp3) is 0.333. The van der Waals surface area contributed by atoms with Gasteiger partial charge in [0.05, 0.1) is 12.7 Å². The number of carbonyl (C=O) groups excluding carboxylic acids is 1. The van der Waals surface area contributed by atoms with Gasteiger partial charge < -0.3 is 15.4 Å². The van der Waals surface area contributed by atoms with Crippen molar-refractivity contribution in [3.05, 3.63) is 53.7 Å². The van der Waals surface area contributed by atoms with Crippen LogP contribution >= 0.6 is 0 Å². The highest BCUT2D eigenvalue weighted by Gasteiger charge is 2.23. The Labute approximate surface area is 136 Å².